The molecular formula is C30H35F3N10O. The number of aromatic amines is 1. The van der Waals surface area contributed by atoms with E-state index in [9.17, 15) is 18.4 Å². The first-order chi connectivity index (χ1) is 21.2. The Balaban J connectivity index is 1.08. The van der Waals surface area contributed by atoms with Crippen molar-refractivity contribution in [3.8, 4) is 17.3 Å². The molecule has 0 aromatic carbocycles. The Bertz CT molecular complexity index is 1630. The summed E-state index contributed by atoms with van der Waals surface area (Å²) in [5.41, 5.74) is 1.60. The number of halogens is 3. The van der Waals surface area contributed by atoms with Crippen molar-refractivity contribution in [2.45, 2.75) is 62.4 Å². The van der Waals surface area contributed by atoms with Crippen LogP contribution in [0.4, 0.5) is 19.0 Å². The quantitative estimate of drug-likeness (QED) is 0.244. The Morgan fingerprint density at radius 2 is 2.02 bits per heavy atom. The van der Waals surface area contributed by atoms with Gasteiger partial charge in [0, 0.05) is 61.6 Å². The molecular weight excluding hydrogens is 573 g/mol. The fourth-order valence-corrected chi connectivity index (χ4v) is 6.52. The molecule has 1 aliphatic heterocycles. The van der Waals surface area contributed by atoms with Crippen LogP contribution in [-0.4, -0.2) is 90.0 Å². The van der Waals surface area contributed by atoms with Crippen LogP contribution in [0.15, 0.2) is 43.1 Å². The van der Waals surface area contributed by atoms with Gasteiger partial charge in [-0.25, -0.2) is 15.0 Å². The third kappa shape index (κ3) is 6.12. The molecule has 232 valence electrons. The highest BCUT2D eigenvalue weighted by molar-refractivity contribution is 5.90. The number of piperidine rings is 1. The second-order valence-electron chi connectivity index (χ2n) is 11.9. The number of likely N-dealkylation sites (N-methyl/N-ethyl adjacent to an activating group) is 1. The molecule has 0 amide bonds. The molecule has 1 aliphatic carbocycles. The van der Waals surface area contributed by atoms with Gasteiger partial charge in [-0.15, -0.1) is 0 Å². The molecule has 5 heterocycles. The molecule has 11 nitrogen and oxygen atoms in total. The van der Waals surface area contributed by atoms with Crippen molar-refractivity contribution >= 4 is 16.9 Å². The molecule has 0 radical (unpaired) electrons. The Morgan fingerprint density at radius 1 is 1.23 bits per heavy atom. The zero-order valence-electron chi connectivity index (χ0n) is 24.4. The van der Waals surface area contributed by atoms with Crippen LogP contribution in [0.3, 0.4) is 0 Å². The van der Waals surface area contributed by atoms with E-state index in [1.807, 2.05) is 23.1 Å². The van der Waals surface area contributed by atoms with Crippen molar-refractivity contribution in [1.82, 2.24) is 39.5 Å². The number of aromatic nitrogens is 6. The lowest BCUT2D eigenvalue weighted by molar-refractivity contribution is -0.141. The highest BCUT2D eigenvalue weighted by atomic mass is 19.4. The van der Waals surface area contributed by atoms with E-state index in [1.54, 1.807) is 24.2 Å². The van der Waals surface area contributed by atoms with Crippen molar-refractivity contribution in [2.75, 3.05) is 38.6 Å². The normalized spacial score (nSPS) is 21.4. The summed E-state index contributed by atoms with van der Waals surface area (Å²) in [5.74, 6) is 0.220. The van der Waals surface area contributed by atoms with Crippen LogP contribution in [0.25, 0.3) is 22.3 Å². The van der Waals surface area contributed by atoms with Crippen LogP contribution >= 0.6 is 0 Å². The molecule has 0 atom stereocenters. The highest BCUT2D eigenvalue weighted by Crippen LogP contribution is 2.45. The molecule has 0 spiro atoms. The number of nitriles is 1. The molecule has 0 unspecified atom stereocenters. The highest BCUT2D eigenvalue weighted by Gasteiger charge is 2.49. The van der Waals surface area contributed by atoms with Gasteiger partial charge in [0.05, 0.1) is 36.5 Å². The van der Waals surface area contributed by atoms with Crippen molar-refractivity contribution in [3.63, 3.8) is 0 Å². The number of rotatable bonds is 10. The van der Waals surface area contributed by atoms with Crippen LogP contribution in [0.1, 0.15) is 43.4 Å². The predicted octanol–water partition coefficient (Wildman–Crippen LogP) is 4.01. The number of pyridine rings is 1. The Kier molecular flexibility index (Phi) is 8.28. The molecule has 44 heavy (non-hydrogen) atoms. The summed E-state index contributed by atoms with van der Waals surface area (Å²) in [6, 6.07) is 7.33. The minimum absolute atomic E-state index is 0.000927. The van der Waals surface area contributed by atoms with Gasteiger partial charge < -0.3 is 20.3 Å². The van der Waals surface area contributed by atoms with Gasteiger partial charge in [-0.05, 0) is 56.5 Å². The van der Waals surface area contributed by atoms with Crippen molar-refractivity contribution in [2.24, 2.45) is 0 Å². The number of hydrogen-bond acceptors (Lipinski definition) is 9. The fourth-order valence-electron chi connectivity index (χ4n) is 6.52. The van der Waals surface area contributed by atoms with Gasteiger partial charge in [-0.1, -0.05) is 0 Å². The topological polar surface area (TPSA) is 135 Å². The summed E-state index contributed by atoms with van der Waals surface area (Å²) < 4.78 is 42.7. The van der Waals surface area contributed by atoms with E-state index in [0.29, 0.717) is 24.6 Å². The maximum absolute atomic E-state index is 13.6. The number of hydrogen-bond donors (Lipinski definition) is 3. The Morgan fingerprint density at radius 3 is 2.75 bits per heavy atom. The predicted molar refractivity (Wildman–Crippen MR) is 157 cm³/mol. The fraction of sp³-hybridized carbons (Fsp3) is 0.500. The van der Waals surface area contributed by atoms with E-state index in [1.165, 1.54) is 6.33 Å². The van der Waals surface area contributed by atoms with E-state index in [4.69, 9.17) is 5.11 Å². The molecule has 3 N–H and O–H groups in total. The molecule has 4 aromatic rings. The van der Waals surface area contributed by atoms with Crippen LogP contribution in [0.2, 0.25) is 0 Å². The van der Waals surface area contributed by atoms with Crippen LogP contribution < -0.4 is 5.32 Å². The lowest BCUT2D eigenvalue weighted by atomic mass is 9.69. The monoisotopic (exact) mass is 608 g/mol. The van der Waals surface area contributed by atoms with Gasteiger partial charge in [0.1, 0.15) is 23.5 Å². The molecule has 1 saturated carbocycles. The first kappa shape index (κ1) is 30.0. The van der Waals surface area contributed by atoms with E-state index < -0.39 is 17.4 Å². The Hall–Kier alpha value is -4.06. The van der Waals surface area contributed by atoms with E-state index in [-0.39, 0.29) is 25.0 Å². The van der Waals surface area contributed by atoms with Gasteiger partial charge >= 0.3 is 6.18 Å². The summed E-state index contributed by atoms with van der Waals surface area (Å²) >= 11 is 0. The van der Waals surface area contributed by atoms with Crippen LogP contribution in [0.5, 0.6) is 0 Å². The molecule has 4 aromatic heterocycles. The second kappa shape index (κ2) is 12.1. The van der Waals surface area contributed by atoms with Gasteiger partial charge in [0.2, 0.25) is 0 Å². The number of aliphatic hydroxyl groups excluding tert-OH is 1. The number of anilines is 1. The molecule has 14 heteroatoms. The number of nitrogens with one attached hydrogen (secondary N) is 2. The van der Waals surface area contributed by atoms with Crippen LogP contribution in [0, 0.1) is 11.3 Å². The maximum Gasteiger partial charge on any atom is 0.433 e. The number of alkyl halides is 3. The van der Waals surface area contributed by atoms with Crippen LogP contribution in [-0.2, 0) is 18.3 Å². The van der Waals surface area contributed by atoms with E-state index >= 15 is 0 Å². The van der Waals surface area contributed by atoms with Gasteiger partial charge in [0.15, 0.2) is 0 Å². The Labute approximate surface area is 252 Å². The van der Waals surface area contributed by atoms with Gasteiger partial charge in [-0.2, -0.15) is 23.5 Å². The second-order valence-corrected chi connectivity index (χ2v) is 11.9. The van der Waals surface area contributed by atoms with Gasteiger partial charge in [-0.3, -0.25) is 9.58 Å². The summed E-state index contributed by atoms with van der Waals surface area (Å²) in [7, 11) is 1.75. The lowest BCUT2D eigenvalue weighted by Gasteiger charge is -2.52. The van der Waals surface area contributed by atoms with Crippen molar-refractivity contribution < 1.29 is 18.3 Å². The standard InChI is InChI=1S/C30H35F3N10O/c1-41(10-11-44)17-20-12-25(30(31,32)33)40-26(13-20)39-22-3-8-42(9-4-22)23-14-29(15-23,5-6-34)43-18-21(16-38-43)27-24-2-7-35-28(24)37-19-36-27/h2,7,12-13,16,18-19,22-23,44H,3-5,8-11,14-15,17H2,1H3,(H,39,40)(H,35,36,37)/t23-,29-. The maximum atomic E-state index is 13.6. The zero-order chi connectivity index (χ0) is 30.9. The zero-order valence-corrected chi connectivity index (χ0v) is 24.4. The minimum Gasteiger partial charge on any atom is -0.395 e. The van der Waals surface area contributed by atoms with Gasteiger partial charge in [0.25, 0.3) is 0 Å². The SMILES string of the molecule is CN(CCO)Cc1cc(NC2CCN([C@H]3C[C@](CC#N)(n4cc(-c5ncnc6[nH]ccc56)cn4)C3)CC2)nc(C(F)(F)F)c1. The van der Waals surface area contributed by atoms with E-state index in [2.05, 4.69) is 41.3 Å². The third-order valence-corrected chi connectivity index (χ3v) is 8.84. The number of likely N-dealkylation sites (tertiary alicyclic amines) is 1. The number of aliphatic hydroxyl groups is 1. The summed E-state index contributed by atoms with van der Waals surface area (Å²) in [5, 5.41) is 27.7. The molecule has 1 saturated heterocycles. The molecule has 2 aliphatic rings. The smallest absolute Gasteiger partial charge is 0.395 e. The molecule has 6 rings (SSSR count). The summed E-state index contributed by atoms with van der Waals surface area (Å²) in [4.78, 5) is 19.9. The number of fused-ring (bicyclic) bond motifs is 1. The molecule has 0 bridgehead atoms. The number of nitrogens with zero attached hydrogens (tertiary/aromatic N) is 8. The molecule has 2 fully saturated rings. The first-order valence-electron chi connectivity index (χ1n) is 14.8. The average molecular weight is 609 g/mol. The average Bonchev–Trinajstić information content (AvgIpc) is 3.65. The largest absolute Gasteiger partial charge is 0.433 e. The number of H-pyrrole nitrogens is 1. The van der Waals surface area contributed by atoms with E-state index in [0.717, 1.165) is 67.1 Å². The summed E-state index contributed by atoms with van der Waals surface area (Å²) in [6.45, 7) is 2.17. The minimum atomic E-state index is -4.55. The summed E-state index contributed by atoms with van der Waals surface area (Å²) in [6.07, 6.45) is 6.03. The lowest BCUT2D eigenvalue weighted by Crippen LogP contribution is -2.58. The first-order valence-corrected chi connectivity index (χ1v) is 14.8. The van der Waals surface area contributed by atoms with Crippen molar-refractivity contribution in [3.05, 3.63) is 54.4 Å². The third-order valence-electron chi connectivity index (χ3n) is 8.84. The van der Waals surface area contributed by atoms with Crippen molar-refractivity contribution in [1.29, 1.82) is 5.26 Å².